The molecule has 0 aromatic heterocycles. The maximum Gasteiger partial charge on any atom is 0.499 e. The summed E-state index contributed by atoms with van der Waals surface area (Å²) in [5.74, 6) is 0. The maximum absolute atomic E-state index is 11.4. The van der Waals surface area contributed by atoms with Gasteiger partial charge in [0, 0.05) is 6.61 Å². The van der Waals surface area contributed by atoms with Gasteiger partial charge in [0.1, 0.15) is 0 Å². The summed E-state index contributed by atoms with van der Waals surface area (Å²) in [6.45, 7) is 5.19. The van der Waals surface area contributed by atoms with Crippen molar-refractivity contribution in [3.8, 4) is 0 Å². The summed E-state index contributed by atoms with van der Waals surface area (Å²) < 4.78 is 25.6. The van der Waals surface area contributed by atoms with E-state index in [0.717, 1.165) is 12.8 Å². The lowest BCUT2D eigenvalue weighted by Gasteiger charge is -2.10. The van der Waals surface area contributed by atoms with Gasteiger partial charge in [-0.2, -0.15) is 0 Å². The van der Waals surface area contributed by atoms with Crippen molar-refractivity contribution < 1.29 is 28.3 Å². The average molecular weight is 397 g/mol. The van der Waals surface area contributed by atoms with Crippen LogP contribution in [0.4, 0.5) is 0 Å². The number of ether oxygens (including phenoxy) is 1. The highest BCUT2D eigenvalue weighted by atomic mass is 31.2. The second-order valence-electron chi connectivity index (χ2n) is 6.64. The molecule has 0 aromatic carbocycles. The first-order chi connectivity index (χ1) is 12.6. The fourth-order valence-electron chi connectivity index (χ4n) is 2.66. The van der Waals surface area contributed by atoms with Crippen LogP contribution in [0.25, 0.3) is 0 Å². The van der Waals surface area contributed by atoms with Crippen LogP contribution < -0.4 is 0 Å². The highest BCUT2D eigenvalue weighted by Gasteiger charge is 2.22. The summed E-state index contributed by atoms with van der Waals surface area (Å²) >= 11 is 0. The van der Waals surface area contributed by atoms with E-state index in [0.29, 0.717) is 13.2 Å². The molecule has 158 valence electrons. The molecule has 0 rings (SSSR count). The lowest BCUT2D eigenvalue weighted by Crippen LogP contribution is -2.05. The Morgan fingerprint density at radius 2 is 1.19 bits per heavy atom. The quantitative estimate of drug-likeness (QED) is 0.108. The number of rotatable bonds is 21. The third kappa shape index (κ3) is 20.3. The summed E-state index contributed by atoms with van der Waals surface area (Å²) in [7, 11) is -4.12. The molecule has 0 bridgehead atoms. The van der Waals surface area contributed by atoms with Crippen molar-refractivity contribution in [2.45, 2.75) is 97.3 Å². The predicted octanol–water partition coefficient (Wildman–Crippen LogP) is 6.18. The zero-order valence-corrected chi connectivity index (χ0v) is 17.9. The van der Waals surface area contributed by atoms with E-state index in [1.165, 1.54) is 70.6 Å². The average Bonchev–Trinajstić information content (AvgIpc) is 2.62. The standard InChI is InChI=1S/C19H41O6P/c1-3-5-6-7-8-9-10-11-12-13-14-15-16-17-23-25-26(20,21)24-19-18-22-4-2/h3-19H2,1-2H3,(H,20,21). The zero-order chi connectivity index (χ0) is 19.3. The molecule has 0 aliphatic carbocycles. The second-order valence-corrected chi connectivity index (χ2v) is 7.98. The van der Waals surface area contributed by atoms with E-state index < -0.39 is 7.82 Å². The fraction of sp³-hybridized carbons (Fsp3) is 1.00. The number of hydrogen-bond acceptors (Lipinski definition) is 5. The topological polar surface area (TPSA) is 74.2 Å². The van der Waals surface area contributed by atoms with Gasteiger partial charge in [0.15, 0.2) is 0 Å². The highest BCUT2D eigenvalue weighted by Crippen LogP contribution is 2.43. The van der Waals surface area contributed by atoms with Gasteiger partial charge in [0.25, 0.3) is 0 Å². The van der Waals surface area contributed by atoms with Gasteiger partial charge in [-0.15, -0.1) is 4.67 Å². The normalized spacial score (nSPS) is 13.8. The van der Waals surface area contributed by atoms with Crippen LogP contribution in [0, 0.1) is 0 Å². The highest BCUT2D eigenvalue weighted by molar-refractivity contribution is 7.47. The van der Waals surface area contributed by atoms with Crippen LogP contribution >= 0.6 is 7.82 Å². The van der Waals surface area contributed by atoms with Crippen LogP contribution in [0.5, 0.6) is 0 Å². The lowest BCUT2D eigenvalue weighted by molar-refractivity contribution is -0.225. The largest absolute Gasteiger partial charge is 0.499 e. The fourth-order valence-corrected chi connectivity index (χ4v) is 3.22. The summed E-state index contributed by atoms with van der Waals surface area (Å²) in [6, 6.07) is 0. The molecule has 1 atom stereocenters. The molecule has 1 N–H and O–H groups in total. The van der Waals surface area contributed by atoms with Crippen molar-refractivity contribution in [1.82, 2.24) is 0 Å². The number of phosphoric acid groups is 1. The number of phosphoric ester groups is 1. The first-order valence-electron chi connectivity index (χ1n) is 10.5. The Bertz CT molecular complexity index is 327. The van der Waals surface area contributed by atoms with Crippen LogP contribution in [0.1, 0.15) is 97.3 Å². The van der Waals surface area contributed by atoms with Gasteiger partial charge < -0.3 is 9.63 Å². The van der Waals surface area contributed by atoms with Gasteiger partial charge in [-0.25, -0.2) is 9.45 Å². The molecule has 0 amide bonds. The second kappa shape index (κ2) is 19.8. The molecular formula is C19H41O6P. The van der Waals surface area contributed by atoms with E-state index >= 15 is 0 Å². The molecule has 0 saturated carbocycles. The van der Waals surface area contributed by atoms with Crippen LogP contribution in [0.3, 0.4) is 0 Å². The molecule has 7 heteroatoms. The molecule has 0 heterocycles. The molecule has 0 fully saturated rings. The Hall–Kier alpha value is 0.0300. The minimum atomic E-state index is -4.12. The molecule has 6 nitrogen and oxygen atoms in total. The van der Waals surface area contributed by atoms with Crippen molar-refractivity contribution in [2.24, 2.45) is 0 Å². The zero-order valence-electron chi connectivity index (χ0n) is 17.0. The minimum Gasteiger partial charge on any atom is -0.379 e. The Balaban J connectivity index is 3.22. The first-order valence-corrected chi connectivity index (χ1v) is 12.0. The van der Waals surface area contributed by atoms with Gasteiger partial charge in [-0.1, -0.05) is 84.0 Å². The predicted molar refractivity (Wildman–Crippen MR) is 105 cm³/mol. The number of hydrogen-bond donors (Lipinski definition) is 1. The van der Waals surface area contributed by atoms with Crippen molar-refractivity contribution in [2.75, 3.05) is 26.4 Å². The summed E-state index contributed by atoms with van der Waals surface area (Å²) in [6.07, 6.45) is 16.5. The Morgan fingerprint density at radius 3 is 1.69 bits per heavy atom. The minimum absolute atomic E-state index is 0.00369. The van der Waals surface area contributed by atoms with E-state index in [9.17, 15) is 9.46 Å². The van der Waals surface area contributed by atoms with Gasteiger partial charge >= 0.3 is 7.82 Å². The van der Waals surface area contributed by atoms with Crippen molar-refractivity contribution in [3.63, 3.8) is 0 Å². The monoisotopic (exact) mass is 396 g/mol. The van der Waals surface area contributed by atoms with Crippen molar-refractivity contribution >= 4 is 7.82 Å². The van der Waals surface area contributed by atoms with Crippen molar-refractivity contribution in [3.05, 3.63) is 0 Å². The smallest absolute Gasteiger partial charge is 0.379 e. The van der Waals surface area contributed by atoms with Gasteiger partial charge in [0.05, 0.1) is 19.8 Å². The lowest BCUT2D eigenvalue weighted by atomic mass is 10.0. The molecular weight excluding hydrogens is 355 g/mol. The van der Waals surface area contributed by atoms with E-state index in [4.69, 9.17) is 9.62 Å². The summed E-state index contributed by atoms with van der Waals surface area (Å²) in [4.78, 5) is 14.1. The molecule has 0 saturated heterocycles. The van der Waals surface area contributed by atoms with Crippen LogP contribution in [-0.2, 0) is 23.4 Å². The molecule has 0 aliphatic heterocycles. The molecule has 1 unspecified atom stereocenters. The van der Waals surface area contributed by atoms with Gasteiger partial charge in [0.2, 0.25) is 0 Å². The summed E-state index contributed by atoms with van der Waals surface area (Å²) in [5, 5.41) is 0. The molecule has 0 aliphatic rings. The van der Waals surface area contributed by atoms with Gasteiger partial charge in [-0.05, 0) is 13.3 Å². The SMILES string of the molecule is CCCCCCCCCCCCCCCOOP(=O)(O)OCCOCC. The number of unbranched alkanes of at least 4 members (excludes halogenated alkanes) is 12. The molecule has 0 radical (unpaired) electrons. The molecule has 0 aromatic rings. The Kier molecular flexibility index (Phi) is 19.8. The molecule has 26 heavy (non-hydrogen) atoms. The Morgan fingerprint density at radius 1 is 0.692 bits per heavy atom. The third-order valence-corrected chi connectivity index (χ3v) is 4.97. The molecule has 0 spiro atoms. The van der Waals surface area contributed by atoms with E-state index in [2.05, 4.69) is 16.1 Å². The summed E-state index contributed by atoms with van der Waals surface area (Å²) in [5.41, 5.74) is 0. The maximum atomic E-state index is 11.4. The van der Waals surface area contributed by atoms with Gasteiger partial charge in [-0.3, -0.25) is 4.52 Å². The third-order valence-electron chi connectivity index (χ3n) is 4.16. The van der Waals surface area contributed by atoms with Crippen LogP contribution in [0.2, 0.25) is 0 Å². The van der Waals surface area contributed by atoms with Crippen LogP contribution in [-0.4, -0.2) is 31.3 Å². The van der Waals surface area contributed by atoms with Crippen molar-refractivity contribution in [1.29, 1.82) is 0 Å². The first kappa shape index (κ1) is 26.0. The van der Waals surface area contributed by atoms with E-state index in [1.807, 2.05) is 6.92 Å². The van der Waals surface area contributed by atoms with Crippen LogP contribution in [0.15, 0.2) is 0 Å². The van der Waals surface area contributed by atoms with E-state index in [1.54, 1.807) is 0 Å². The van der Waals surface area contributed by atoms with E-state index in [-0.39, 0.29) is 13.2 Å². The Labute approximate surface area is 160 Å².